The lowest BCUT2D eigenvalue weighted by molar-refractivity contribution is 1.40. The lowest BCUT2D eigenvalue weighted by atomic mass is 10.0. The Labute approximate surface area is 147 Å². The maximum absolute atomic E-state index is 3.65. The Morgan fingerprint density at radius 1 is 0.462 bits per heavy atom. The summed E-state index contributed by atoms with van der Waals surface area (Å²) in [6.45, 7) is 0. The molecule has 0 aliphatic heterocycles. The second kappa shape index (κ2) is 3.54. The van der Waals surface area contributed by atoms with Crippen LogP contribution in [0.15, 0.2) is 66.7 Å². The number of nitrogens with one attached hydrogen (secondary N) is 1. The second-order valence-electron chi connectivity index (χ2n) is 7.48. The van der Waals surface area contributed by atoms with Gasteiger partial charge < -0.3 is 9.38 Å². The van der Waals surface area contributed by atoms with Crippen LogP contribution in [0, 0.1) is 0 Å². The molecule has 0 spiro atoms. The molecule has 0 aliphatic carbocycles. The lowest BCUT2D eigenvalue weighted by Crippen LogP contribution is -1.81. The molecule has 0 aliphatic rings. The van der Waals surface area contributed by atoms with Gasteiger partial charge in [-0.15, -0.1) is 0 Å². The van der Waals surface area contributed by atoms with Gasteiger partial charge in [0.1, 0.15) is 0 Å². The van der Waals surface area contributed by atoms with Crippen molar-refractivity contribution in [3.63, 3.8) is 0 Å². The van der Waals surface area contributed by atoms with Crippen molar-refractivity contribution < 1.29 is 0 Å². The fraction of sp³-hybridized carbons (Fsp3) is 0. The zero-order chi connectivity index (χ0) is 16.6. The van der Waals surface area contributed by atoms with E-state index < -0.39 is 0 Å². The molecular weight excluding hydrogens is 316 g/mol. The normalized spacial score (nSPS) is 13.4. The van der Waals surface area contributed by atoms with Crippen LogP contribution in [0.2, 0.25) is 0 Å². The van der Waals surface area contributed by atoms with Crippen molar-refractivity contribution in [1.82, 2.24) is 9.38 Å². The SMILES string of the molecule is c1cc2[nH]c3ccc4c5cccc6c7cccc8c(c1)c2c3c4n(c87)c65. The molecule has 0 unspecified atom stereocenters. The summed E-state index contributed by atoms with van der Waals surface area (Å²) in [5, 5.41) is 10.8. The van der Waals surface area contributed by atoms with Crippen molar-refractivity contribution in [3.05, 3.63) is 66.7 Å². The number of hydrogen-bond acceptors (Lipinski definition) is 0. The highest BCUT2D eigenvalue weighted by Crippen LogP contribution is 2.47. The van der Waals surface area contributed by atoms with Gasteiger partial charge in [0.2, 0.25) is 0 Å². The Morgan fingerprint density at radius 3 is 1.73 bits per heavy atom. The summed E-state index contributed by atoms with van der Waals surface area (Å²) in [7, 11) is 0. The Bertz CT molecular complexity index is 1780. The molecule has 4 heterocycles. The number of H-pyrrole nitrogens is 1. The summed E-state index contributed by atoms with van der Waals surface area (Å²) in [5.41, 5.74) is 6.51. The molecule has 8 rings (SSSR count). The first-order valence-corrected chi connectivity index (χ1v) is 9.06. The van der Waals surface area contributed by atoms with Gasteiger partial charge in [-0.25, -0.2) is 0 Å². The minimum Gasteiger partial charge on any atom is -0.354 e. The summed E-state index contributed by atoms with van der Waals surface area (Å²) in [4.78, 5) is 3.65. The van der Waals surface area contributed by atoms with Gasteiger partial charge in [-0.1, -0.05) is 54.6 Å². The van der Waals surface area contributed by atoms with Gasteiger partial charge in [0, 0.05) is 48.7 Å². The van der Waals surface area contributed by atoms with Crippen LogP contribution in [0.1, 0.15) is 0 Å². The lowest BCUT2D eigenvalue weighted by Gasteiger charge is -2.00. The number of rotatable bonds is 0. The van der Waals surface area contributed by atoms with Crippen molar-refractivity contribution in [2.24, 2.45) is 0 Å². The molecule has 0 amide bonds. The van der Waals surface area contributed by atoms with E-state index in [9.17, 15) is 0 Å². The summed E-state index contributed by atoms with van der Waals surface area (Å²) in [6, 6.07) is 24.7. The molecule has 118 valence electrons. The van der Waals surface area contributed by atoms with Crippen LogP contribution < -0.4 is 0 Å². The van der Waals surface area contributed by atoms with E-state index in [0.717, 1.165) is 0 Å². The highest BCUT2D eigenvalue weighted by molar-refractivity contribution is 6.37. The number of para-hydroxylation sites is 2. The molecular formula is C24H12N2. The van der Waals surface area contributed by atoms with Gasteiger partial charge in [-0.3, -0.25) is 0 Å². The zero-order valence-electron chi connectivity index (χ0n) is 13.8. The average molecular weight is 328 g/mol. The Hall–Kier alpha value is -3.52. The maximum Gasteiger partial charge on any atom is 0.0642 e. The Morgan fingerprint density at radius 2 is 1.00 bits per heavy atom. The molecule has 2 heteroatoms. The highest BCUT2D eigenvalue weighted by Gasteiger charge is 2.23. The zero-order valence-corrected chi connectivity index (χ0v) is 13.8. The molecule has 26 heavy (non-hydrogen) atoms. The minimum atomic E-state index is 1.22. The number of aromatic nitrogens is 2. The largest absolute Gasteiger partial charge is 0.354 e. The van der Waals surface area contributed by atoms with Gasteiger partial charge in [0.25, 0.3) is 0 Å². The molecule has 0 radical (unpaired) electrons. The summed E-state index contributed by atoms with van der Waals surface area (Å²) in [6.07, 6.45) is 0. The number of hydrogen-bond donors (Lipinski definition) is 1. The van der Waals surface area contributed by atoms with Crippen LogP contribution in [0.5, 0.6) is 0 Å². The topological polar surface area (TPSA) is 20.2 Å². The van der Waals surface area contributed by atoms with Crippen molar-refractivity contribution in [3.8, 4) is 0 Å². The van der Waals surface area contributed by atoms with E-state index in [2.05, 4.69) is 76.1 Å². The molecule has 0 atom stereocenters. The van der Waals surface area contributed by atoms with Gasteiger partial charge >= 0.3 is 0 Å². The Kier molecular flexibility index (Phi) is 1.62. The molecule has 2 nitrogen and oxygen atoms in total. The van der Waals surface area contributed by atoms with E-state index in [4.69, 9.17) is 0 Å². The van der Waals surface area contributed by atoms with Gasteiger partial charge in [-0.2, -0.15) is 0 Å². The first kappa shape index (κ1) is 11.9. The molecule has 4 aromatic heterocycles. The van der Waals surface area contributed by atoms with E-state index in [1.165, 1.54) is 70.7 Å². The molecule has 8 aromatic rings. The van der Waals surface area contributed by atoms with Crippen molar-refractivity contribution in [2.45, 2.75) is 0 Å². The Balaban J connectivity index is 2.03. The van der Waals surface area contributed by atoms with E-state index >= 15 is 0 Å². The van der Waals surface area contributed by atoms with Gasteiger partial charge in [0.05, 0.1) is 16.6 Å². The second-order valence-corrected chi connectivity index (χ2v) is 7.48. The number of nitrogens with zero attached hydrogens (tertiary/aromatic N) is 1. The highest BCUT2D eigenvalue weighted by atomic mass is 14.9. The van der Waals surface area contributed by atoms with Gasteiger partial charge in [-0.05, 0) is 17.5 Å². The molecule has 1 N–H and O–H groups in total. The molecule has 0 saturated carbocycles. The molecule has 0 fully saturated rings. The van der Waals surface area contributed by atoms with E-state index in [-0.39, 0.29) is 0 Å². The van der Waals surface area contributed by atoms with Crippen LogP contribution >= 0.6 is 0 Å². The van der Waals surface area contributed by atoms with Crippen LogP contribution in [0.4, 0.5) is 0 Å². The molecule has 0 saturated heterocycles. The third kappa shape index (κ3) is 1.02. The maximum atomic E-state index is 3.65. The summed E-state index contributed by atoms with van der Waals surface area (Å²) in [5.74, 6) is 0. The minimum absolute atomic E-state index is 1.22. The quantitative estimate of drug-likeness (QED) is 0.328. The third-order valence-corrected chi connectivity index (χ3v) is 6.38. The van der Waals surface area contributed by atoms with Crippen LogP contribution in [-0.4, -0.2) is 9.38 Å². The van der Waals surface area contributed by atoms with Gasteiger partial charge in [0.15, 0.2) is 0 Å². The molecule has 0 bridgehead atoms. The number of fused-ring (bicyclic) bond motifs is 3. The average Bonchev–Trinajstić information content (AvgIpc) is 3.29. The first-order valence-electron chi connectivity index (χ1n) is 9.06. The van der Waals surface area contributed by atoms with Crippen molar-refractivity contribution in [1.29, 1.82) is 0 Å². The van der Waals surface area contributed by atoms with Crippen LogP contribution in [-0.2, 0) is 0 Å². The van der Waals surface area contributed by atoms with Crippen molar-refractivity contribution in [2.75, 3.05) is 0 Å². The van der Waals surface area contributed by atoms with E-state index in [0.29, 0.717) is 0 Å². The standard InChI is InChI=1S/C24H12N2/c1-5-13-12-4-3-9-18-20(12)21-19(25-18)11-10-17-16-8-2-7-15-14(6-1)22(13)26(23(15)16)24(17)21/h1-11,25H. The monoisotopic (exact) mass is 328 g/mol. The third-order valence-electron chi connectivity index (χ3n) is 6.38. The van der Waals surface area contributed by atoms with Crippen molar-refractivity contribution >= 4 is 70.7 Å². The van der Waals surface area contributed by atoms with E-state index in [1.54, 1.807) is 0 Å². The number of benzene rings is 4. The first-order chi connectivity index (χ1) is 12.9. The fourth-order valence-corrected chi connectivity index (χ4v) is 5.47. The predicted octanol–water partition coefficient (Wildman–Crippen LogP) is 6.50. The fourth-order valence-electron chi connectivity index (χ4n) is 5.47. The van der Waals surface area contributed by atoms with E-state index in [1.807, 2.05) is 0 Å². The van der Waals surface area contributed by atoms with Crippen LogP contribution in [0.25, 0.3) is 70.7 Å². The van der Waals surface area contributed by atoms with Crippen LogP contribution in [0.3, 0.4) is 0 Å². The predicted molar refractivity (Wildman–Crippen MR) is 110 cm³/mol. The molecule has 4 aromatic carbocycles. The number of aromatic amines is 1. The summed E-state index contributed by atoms with van der Waals surface area (Å²) < 4.78 is 2.53. The summed E-state index contributed by atoms with van der Waals surface area (Å²) >= 11 is 0. The smallest absolute Gasteiger partial charge is 0.0642 e.